The van der Waals surface area contributed by atoms with Crippen LogP contribution in [0.1, 0.15) is 64.0 Å². The van der Waals surface area contributed by atoms with E-state index in [1.54, 1.807) is 55.5 Å². The number of hydrogen-bond donors (Lipinski definition) is 4. The van der Waals surface area contributed by atoms with Gasteiger partial charge in [0.15, 0.2) is 0 Å². The van der Waals surface area contributed by atoms with E-state index in [1.807, 2.05) is 0 Å². The molecule has 15 heteroatoms. The van der Waals surface area contributed by atoms with E-state index >= 15 is 0 Å². The Balaban J connectivity index is 1.48. The summed E-state index contributed by atoms with van der Waals surface area (Å²) in [6.07, 6.45) is 3.16. The van der Waals surface area contributed by atoms with Gasteiger partial charge in [0.2, 0.25) is 33.7 Å². The molecule has 1 aliphatic carbocycles. The van der Waals surface area contributed by atoms with Gasteiger partial charge in [0.1, 0.15) is 36.2 Å². The molecule has 1 saturated carbocycles. The maximum atomic E-state index is 14.2. The number of amides is 4. The van der Waals surface area contributed by atoms with Crippen molar-refractivity contribution in [2.45, 2.75) is 95.1 Å². The molecule has 14 nitrogen and oxygen atoms in total. The number of benzene rings is 2. The van der Waals surface area contributed by atoms with Crippen molar-refractivity contribution in [2.24, 2.45) is 11.8 Å². The predicted molar refractivity (Wildman–Crippen MR) is 202 cm³/mol. The van der Waals surface area contributed by atoms with Gasteiger partial charge in [-0.25, -0.2) is 13.1 Å². The maximum Gasteiger partial charge on any atom is 0.245 e. The number of nitrogens with zero attached hydrogens (tertiary/aromatic N) is 1. The minimum Gasteiger partial charge on any atom is -0.497 e. The standard InChI is InChI=1S/C39H55N5O9S/c1-25(2)19-30-24-53-32-13-9-28(10-14-32)21-35(43-54(49,50)33-15-17-52-18-16-33)38(47)42-34(20-27-7-11-31(51-4)12-8-27)37(46)40-26(3)39(48)44(22-29-5-6-29)23-36(45)41-30/h7-14,25-26,29-30,33-35,43H,5-6,15-24H2,1-4H3,(H,40,46)(H,41,45)(H,42,47)/t26-,30+,34+,35+/m1/s1. The number of carbonyl (C=O) groups is 4. The molecule has 2 fully saturated rings. The lowest BCUT2D eigenvalue weighted by Crippen LogP contribution is -2.58. The van der Waals surface area contributed by atoms with Crippen molar-refractivity contribution in [1.29, 1.82) is 0 Å². The number of nitrogens with one attached hydrogen (secondary N) is 4. The third kappa shape index (κ3) is 12.2. The molecule has 4 aliphatic rings. The van der Waals surface area contributed by atoms with Crippen LogP contribution in [-0.2, 0) is 46.8 Å². The van der Waals surface area contributed by atoms with Crippen LogP contribution < -0.4 is 30.1 Å². The molecule has 3 aliphatic heterocycles. The molecular formula is C39H55N5O9S. The Labute approximate surface area is 318 Å². The molecule has 4 amide bonds. The van der Waals surface area contributed by atoms with Crippen LogP contribution in [0.15, 0.2) is 48.5 Å². The van der Waals surface area contributed by atoms with E-state index in [0.29, 0.717) is 61.6 Å². The molecule has 0 radical (unpaired) electrons. The molecule has 0 unspecified atom stereocenters. The normalized spacial score (nSPS) is 24.4. The molecule has 2 bridgehead atoms. The molecule has 296 valence electrons. The quantitative estimate of drug-likeness (QED) is 0.263. The van der Waals surface area contributed by atoms with E-state index in [4.69, 9.17) is 14.2 Å². The van der Waals surface area contributed by atoms with Crippen LogP contribution in [0.3, 0.4) is 0 Å². The number of hydrogen-bond acceptors (Lipinski definition) is 9. The number of rotatable bonds is 10. The lowest BCUT2D eigenvalue weighted by Gasteiger charge is -2.29. The summed E-state index contributed by atoms with van der Waals surface area (Å²) in [4.78, 5) is 57.0. The highest BCUT2D eigenvalue weighted by molar-refractivity contribution is 7.90. The van der Waals surface area contributed by atoms with Gasteiger partial charge in [0.25, 0.3) is 0 Å². The first-order valence-corrected chi connectivity index (χ1v) is 20.5. The summed E-state index contributed by atoms with van der Waals surface area (Å²) in [5.74, 6) is -0.394. The zero-order valence-electron chi connectivity index (χ0n) is 31.7. The van der Waals surface area contributed by atoms with Gasteiger partial charge in [-0.1, -0.05) is 38.1 Å². The van der Waals surface area contributed by atoms with E-state index in [1.165, 1.54) is 12.0 Å². The molecule has 4 atom stereocenters. The highest BCUT2D eigenvalue weighted by Crippen LogP contribution is 2.30. The maximum absolute atomic E-state index is 14.2. The molecule has 0 aromatic heterocycles. The van der Waals surface area contributed by atoms with Gasteiger partial charge in [-0.15, -0.1) is 0 Å². The fourth-order valence-electron chi connectivity index (χ4n) is 6.78. The SMILES string of the molecule is COc1ccc(C[C@@H]2NC(=O)[C@@H](NS(=O)(=O)C3CCOCC3)Cc3ccc(cc3)OC[C@H](CC(C)C)NC(=O)CN(CC3CC3)C(=O)[C@@H](C)NC2=O)cc1. The van der Waals surface area contributed by atoms with Gasteiger partial charge in [0.05, 0.1) is 24.9 Å². The number of fused-ring (bicyclic) bond motifs is 17. The van der Waals surface area contributed by atoms with Gasteiger partial charge in [-0.3, -0.25) is 19.2 Å². The largest absolute Gasteiger partial charge is 0.497 e. The average Bonchev–Trinajstić information content (AvgIpc) is 3.97. The minimum absolute atomic E-state index is 0.0114. The summed E-state index contributed by atoms with van der Waals surface area (Å²) >= 11 is 0. The summed E-state index contributed by atoms with van der Waals surface area (Å²) < 4.78 is 46.7. The third-order valence-electron chi connectivity index (χ3n) is 9.95. The first kappa shape index (κ1) is 41.0. The number of ether oxygens (including phenoxy) is 3. The Kier molecular flexibility index (Phi) is 14.3. The lowest BCUT2D eigenvalue weighted by molar-refractivity contribution is -0.140. The average molecular weight is 770 g/mol. The Bertz CT molecular complexity index is 1690. The van der Waals surface area contributed by atoms with E-state index in [2.05, 4.69) is 34.5 Å². The van der Waals surface area contributed by atoms with Crippen LogP contribution in [0, 0.1) is 11.8 Å². The first-order chi connectivity index (χ1) is 25.8. The van der Waals surface area contributed by atoms with Crippen LogP contribution in [0.2, 0.25) is 0 Å². The summed E-state index contributed by atoms with van der Waals surface area (Å²) in [6, 6.07) is 10.2. The van der Waals surface area contributed by atoms with E-state index in [9.17, 15) is 27.6 Å². The van der Waals surface area contributed by atoms with Crippen molar-refractivity contribution < 1.29 is 41.8 Å². The van der Waals surface area contributed by atoms with Gasteiger partial charge >= 0.3 is 0 Å². The van der Waals surface area contributed by atoms with Crippen molar-refractivity contribution in [2.75, 3.05) is 40.0 Å². The fourth-order valence-corrected chi connectivity index (χ4v) is 8.37. The molecule has 2 aromatic rings. The second-order valence-electron chi connectivity index (χ2n) is 15.1. The van der Waals surface area contributed by atoms with Crippen molar-refractivity contribution in [3.8, 4) is 11.5 Å². The van der Waals surface area contributed by atoms with Crippen LogP contribution in [0.5, 0.6) is 11.5 Å². The van der Waals surface area contributed by atoms with Crippen LogP contribution in [0.25, 0.3) is 0 Å². The summed E-state index contributed by atoms with van der Waals surface area (Å²) in [7, 11) is -2.43. The van der Waals surface area contributed by atoms with Crippen LogP contribution in [-0.4, -0.2) is 106 Å². The topological polar surface area (TPSA) is 181 Å². The van der Waals surface area contributed by atoms with Crippen molar-refractivity contribution >= 4 is 33.7 Å². The summed E-state index contributed by atoms with van der Waals surface area (Å²) in [6.45, 7) is 6.64. The number of methoxy groups -OCH3 is 1. The molecule has 2 aromatic carbocycles. The third-order valence-corrected chi connectivity index (χ3v) is 11.9. The van der Waals surface area contributed by atoms with Gasteiger partial charge < -0.3 is 35.1 Å². The molecule has 1 saturated heterocycles. The second-order valence-corrected chi connectivity index (χ2v) is 17.1. The monoisotopic (exact) mass is 769 g/mol. The Morgan fingerprint density at radius 3 is 2.22 bits per heavy atom. The Hall–Kier alpha value is -4.21. The predicted octanol–water partition coefficient (Wildman–Crippen LogP) is 2.10. The number of sulfonamides is 1. The van der Waals surface area contributed by atoms with Gasteiger partial charge in [-0.05, 0) is 92.7 Å². The molecule has 54 heavy (non-hydrogen) atoms. The molecule has 4 N–H and O–H groups in total. The Morgan fingerprint density at radius 2 is 1.59 bits per heavy atom. The van der Waals surface area contributed by atoms with Crippen molar-refractivity contribution in [3.63, 3.8) is 0 Å². The Morgan fingerprint density at radius 1 is 0.907 bits per heavy atom. The van der Waals surface area contributed by atoms with Crippen molar-refractivity contribution in [1.82, 2.24) is 25.6 Å². The zero-order valence-corrected chi connectivity index (χ0v) is 32.5. The van der Waals surface area contributed by atoms with E-state index in [0.717, 1.165) is 12.8 Å². The van der Waals surface area contributed by atoms with E-state index in [-0.39, 0.29) is 49.8 Å². The second kappa shape index (κ2) is 18.9. The summed E-state index contributed by atoms with van der Waals surface area (Å²) in [5.41, 5.74) is 1.35. The zero-order chi connectivity index (χ0) is 38.8. The minimum atomic E-state index is -3.97. The van der Waals surface area contributed by atoms with E-state index < -0.39 is 51.1 Å². The fraction of sp³-hybridized carbons (Fsp3) is 0.590. The lowest BCUT2D eigenvalue weighted by atomic mass is 10.0. The van der Waals surface area contributed by atoms with Gasteiger partial charge in [-0.2, -0.15) is 0 Å². The highest BCUT2D eigenvalue weighted by Gasteiger charge is 2.36. The highest BCUT2D eigenvalue weighted by atomic mass is 32.2. The molecule has 3 heterocycles. The van der Waals surface area contributed by atoms with Crippen LogP contribution in [0.4, 0.5) is 0 Å². The summed E-state index contributed by atoms with van der Waals surface area (Å²) in [5, 5.41) is 7.90. The van der Waals surface area contributed by atoms with Gasteiger partial charge in [0, 0.05) is 26.2 Å². The molecular weight excluding hydrogens is 715 g/mol. The van der Waals surface area contributed by atoms with Crippen LogP contribution >= 0.6 is 0 Å². The smallest absolute Gasteiger partial charge is 0.245 e. The number of carbonyl (C=O) groups excluding carboxylic acids is 4. The molecule has 6 rings (SSSR count). The molecule has 0 spiro atoms. The van der Waals surface area contributed by atoms with Crippen molar-refractivity contribution in [3.05, 3.63) is 59.7 Å². The first-order valence-electron chi connectivity index (χ1n) is 18.9.